The highest BCUT2D eigenvalue weighted by molar-refractivity contribution is 7.84. The Kier molecular flexibility index (Phi) is 16.2. The van der Waals surface area contributed by atoms with E-state index in [9.17, 15) is 42.3 Å². The number of carbonyl (C=O) groups is 6. The highest BCUT2D eigenvalue weighted by atomic mass is 32.2. The number of ketones is 1. The summed E-state index contributed by atoms with van der Waals surface area (Å²) in [5.41, 5.74) is 11.3. The number of piperidine rings is 1. The van der Waals surface area contributed by atoms with Crippen molar-refractivity contribution >= 4 is 68.3 Å². The lowest BCUT2D eigenvalue weighted by Crippen LogP contribution is -2.45. The molecule has 3 aliphatic carbocycles. The van der Waals surface area contributed by atoms with Crippen LogP contribution in [0.15, 0.2) is 78.3 Å². The molecule has 6 atom stereocenters. The van der Waals surface area contributed by atoms with Crippen molar-refractivity contribution in [2.24, 2.45) is 28.6 Å². The number of imide groups is 1. The minimum Gasteiger partial charge on any atom is -0.393 e. The van der Waals surface area contributed by atoms with Gasteiger partial charge in [0.05, 0.1) is 43.6 Å². The van der Waals surface area contributed by atoms with Gasteiger partial charge in [0.2, 0.25) is 29.6 Å². The summed E-state index contributed by atoms with van der Waals surface area (Å²) in [5.74, 6) is -2.23. The Bertz CT molecular complexity index is 2840. The van der Waals surface area contributed by atoms with Crippen LogP contribution < -0.4 is 36.7 Å². The number of rotatable bonds is 25. The number of primary amides is 1. The Hall–Kier alpha value is -6.55. The Morgan fingerprint density at radius 2 is 1.72 bits per heavy atom. The normalized spacial score (nSPS) is 20.2. The average Bonchev–Trinajstić information content (AvgIpc) is 3.52. The lowest BCUT2D eigenvalue weighted by molar-refractivity contribution is -0.668. The fourth-order valence-electron chi connectivity index (χ4n) is 10.4. The van der Waals surface area contributed by atoms with E-state index in [0.717, 1.165) is 29.4 Å². The van der Waals surface area contributed by atoms with Gasteiger partial charge in [0.15, 0.2) is 5.78 Å². The van der Waals surface area contributed by atoms with Crippen LogP contribution in [0.2, 0.25) is 0 Å². The van der Waals surface area contributed by atoms with Crippen molar-refractivity contribution in [1.82, 2.24) is 25.1 Å². The summed E-state index contributed by atoms with van der Waals surface area (Å²) in [4.78, 5) is 82.9. The number of aryl methyl sites for hydroxylation is 1. The molecular formula is C51H65N10O10S+. The second-order valence-electron chi connectivity index (χ2n) is 19.8. The maximum absolute atomic E-state index is 14.0. The van der Waals surface area contributed by atoms with Crippen LogP contribution in [0.4, 0.5) is 16.3 Å². The number of nitrogens with one attached hydrogen (secondary N) is 4. The Labute approximate surface area is 418 Å². The summed E-state index contributed by atoms with van der Waals surface area (Å²) in [6.45, 7) is 4.31. The fraction of sp³-hybridized carbons (Fsp3) is 0.490. The molecule has 0 bridgehead atoms. The van der Waals surface area contributed by atoms with Gasteiger partial charge in [0.1, 0.15) is 5.39 Å². The summed E-state index contributed by atoms with van der Waals surface area (Å²) in [5, 5.41) is 29.0. The van der Waals surface area contributed by atoms with Crippen molar-refractivity contribution in [2.45, 2.75) is 122 Å². The second kappa shape index (κ2) is 22.5. The summed E-state index contributed by atoms with van der Waals surface area (Å²) in [6, 6.07) is 16.0. The van der Waals surface area contributed by atoms with E-state index in [0.29, 0.717) is 80.7 Å². The van der Waals surface area contributed by atoms with Crippen LogP contribution in [0.25, 0.3) is 11.0 Å². The predicted molar refractivity (Wildman–Crippen MR) is 266 cm³/mol. The quantitative estimate of drug-likeness (QED) is 0.0284. The largest absolute Gasteiger partial charge is 0.393 e. The molecule has 0 spiro atoms. The third kappa shape index (κ3) is 12.5. The van der Waals surface area contributed by atoms with Gasteiger partial charge in [-0.2, -0.15) is 8.42 Å². The maximum Gasteiger partial charge on any atom is 0.333 e. The standard InChI is InChI=1S/C51H64N10O10S/c1-30(2)45(58-44(64)12-4-3-7-21-61-49(66)39-26-40(39)50(61)67)43(63)24-33(10-8-20-54-51(52)68)47(65)56-35-16-13-31(14-17-35)27-59-29-55-46(57-41-18-15-32-9-5-6-11-37(32)41)38-19-22-60(48(38)59)36-23-34(42(62)25-36)28-71-72(53,69)70/h5-6,9,11,13-14,16-17,19,22,29-30,33-34,36,41-42,45,62H,3-4,7-8,10,12,15,18,20-21,23-28H2,1-2H3,(H7,52,53,54,56,58,64,65,68,69,70)/p+1/t33-,34-,36+,41-,42-,45+/m0/s1. The second-order valence-corrected chi connectivity index (χ2v) is 21.0. The average molecular weight is 1010 g/mol. The maximum atomic E-state index is 14.0. The summed E-state index contributed by atoms with van der Waals surface area (Å²) >= 11 is 0. The number of unbranched alkanes of at least 4 members (excludes halogenated alkanes) is 2. The van der Waals surface area contributed by atoms with Gasteiger partial charge < -0.3 is 32.1 Å². The van der Waals surface area contributed by atoms with Crippen molar-refractivity contribution in [3.8, 4) is 0 Å². The molecule has 384 valence electrons. The minimum absolute atomic E-state index is 0.0694. The molecule has 4 aliphatic rings. The van der Waals surface area contributed by atoms with Crippen LogP contribution in [-0.2, 0) is 51.4 Å². The van der Waals surface area contributed by atoms with Crippen molar-refractivity contribution in [3.63, 3.8) is 0 Å². The molecule has 4 aromatic rings. The van der Waals surface area contributed by atoms with E-state index in [4.69, 9.17) is 20.0 Å². The van der Waals surface area contributed by atoms with Crippen molar-refractivity contribution in [3.05, 3.63) is 95.0 Å². The van der Waals surface area contributed by atoms with E-state index in [1.54, 1.807) is 18.5 Å². The molecule has 1 aliphatic heterocycles. The number of Topliss-reactive ketones (excluding diaryl/α,β-unsaturated/α-hetero) is 1. The lowest BCUT2D eigenvalue weighted by atomic mass is 9.89. The number of hydrogen-bond donors (Lipinski definition) is 7. The van der Waals surface area contributed by atoms with Gasteiger partial charge in [-0.05, 0) is 85.8 Å². The molecule has 0 unspecified atom stereocenters. The number of nitrogens with zero attached hydrogens (tertiary/aromatic N) is 4. The molecule has 2 aromatic heterocycles. The van der Waals surface area contributed by atoms with E-state index >= 15 is 0 Å². The minimum atomic E-state index is -4.18. The van der Waals surface area contributed by atoms with Crippen LogP contribution in [0.1, 0.15) is 113 Å². The fourth-order valence-corrected chi connectivity index (χ4v) is 10.8. The number of nitrogens with two attached hydrogens (primary N) is 2. The van der Waals surface area contributed by atoms with E-state index in [-0.39, 0.29) is 73.9 Å². The number of likely N-dealkylation sites (tertiary alicyclic amines) is 1. The first kappa shape index (κ1) is 51.8. The highest BCUT2D eigenvalue weighted by Gasteiger charge is 2.47. The van der Waals surface area contributed by atoms with Crippen LogP contribution in [0.5, 0.6) is 0 Å². The lowest BCUT2D eigenvalue weighted by Gasteiger charge is -2.24. The number of urea groups is 1. The first-order valence-corrected chi connectivity index (χ1v) is 26.3. The molecule has 72 heavy (non-hydrogen) atoms. The first-order chi connectivity index (χ1) is 34.4. The molecule has 8 rings (SSSR count). The summed E-state index contributed by atoms with van der Waals surface area (Å²) in [7, 11) is -4.18. The zero-order valence-electron chi connectivity index (χ0n) is 40.7. The Morgan fingerprint density at radius 3 is 2.44 bits per heavy atom. The topological polar surface area (TPSA) is 291 Å². The Balaban J connectivity index is 0.923. The van der Waals surface area contributed by atoms with Gasteiger partial charge >= 0.3 is 16.3 Å². The van der Waals surface area contributed by atoms with E-state index in [1.807, 2.05) is 54.9 Å². The van der Waals surface area contributed by atoms with E-state index < -0.39 is 46.2 Å². The molecule has 1 saturated carbocycles. The highest BCUT2D eigenvalue weighted by Crippen LogP contribution is 2.41. The van der Waals surface area contributed by atoms with Gasteiger partial charge in [-0.1, -0.05) is 61.7 Å². The number of amides is 6. The van der Waals surface area contributed by atoms with Gasteiger partial charge in [-0.15, -0.1) is 0 Å². The van der Waals surface area contributed by atoms with Gasteiger partial charge in [-0.3, -0.25) is 37.6 Å². The smallest absolute Gasteiger partial charge is 0.333 e. The molecule has 0 radical (unpaired) electrons. The van der Waals surface area contributed by atoms with E-state index in [2.05, 4.69) is 38.0 Å². The van der Waals surface area contributed by atoms with Crippen LogP contribution in [-0.4, -0.2) is 95.3 Å². The van der Waals surface area contributed by atoms with E-state index in [1.165, 1.54) is 16.0 Å². The molecule has 0 saturated heterocycles. The summed E-state index contributed by atoms with van der Waals surface area (Å²) < 4.78 is 32.2. The number of benzene rings is 2. The Morgan fingerprint density at radius 1 is 0.972 bits per heavy atom. The molecule has 9 N–H and O–H groups in total. The summed E-state index contributed by atoms with van der Waals surface area (Å²) in [6.07, 6.45) is 8.42. The number of carbonyl (C=O) groups excluding carboxylic acids is 6. The third-order valence-corrected chi connectivity index (χ3v) is 14.8. The number of aromatic nitrogens is 3. The van der Waals surface area contributed by atoms with Crippen LogP contribution in [0, 0.1) is 17.8 Å². The molecule has 20 nitrogen and oxygen atoms in total. The zero-order chi connectivity index (χ0) is 51.3. The molecule has 2 aromatic carbocycles. The number of fused-ring (bicyclic) bond motifs is 2. The van der Waals surface area contributed by atoms with Crippen LogP contribution in [0.3, 0.4) is 0 Å². The number of anilines is 2. The van der Waals surface area contributed by atoms with Crippen molar-refractivity contribution < 1.29 is 51.0 Å². The SMILES string of the molecule is CC(C)[C@@H](NC(=O)CCCCCN1C(=O)C2=C(C2)C1=O)C(=O)C[C@H](CCCNC(N)=O)C(=O)Nc1ccc(C[n+]2cnc(N[C@H]3CCc4ccccc43)c3ccn([C@@H]4C[C@@H](COS(N)(=O)=O)[C@@H](O)C4)c32)cc1. The van der Waals surface area contributed by atoms with Gasteiger partial charge in [0.25, 0.3) is 11.8 Å². The predicted octanol–water partition coefficient (Wildman–Crippen LogP) is 3.74. The monoisotopic (exact) mass is 1010 g/mol. The van der Waals surface area contributed by atoms with Crippen LogP contribution >= 0.6 is 0 Å². The van der Waals surface area contributed by atoms with Crippen molar-refractivity contribution in [2.75, 3.05) is 30.3 Å². The number of aliphatic hydroxyl groups excluding tert-OH is 1. The van der Waals surface area contributed by atoms with Crippen molar-refractivity contribution in [1.29, 1.82) is 0 Å². The molecule has 1 fully saturated rings. The zero-order valence-corrected chi connectivity index (χ0v) is 41.5. The molecular weight excluding hydrogens is 945 g/mol. The van der Waals surface area contributed by atoms with Gasteiger partial charge in [0, 0.05) is 67.4 Å². The van der Waals surface area contributed by atoms with Gasteiger partial charge in [-0.25, -0.2) is 14.5 Å². The number of hydrogen-bond acceptors (Lipinski definition) is 12. The third-order valence-electron chi connectivity index (χ3n) is 14.3. The first-order valence-electron chi connectivity index (χ1n) is 24.9. The number of aliphatic hydroxyl groups is 1. The molecule has 21 heteroatoms. The molecule has 3 heterocycles. The molecule has 6 amide bonds.